The Morgan fingerprint density at radius 1 is 1.26 bits per heavy atom. The average Bonchev–Trinajstić information content (AvgIpc) is 3.01. The maximum Gasteiger partial charge on any atom is 0.404 e. The lowest BCUT2D eigenvalue weighted by molar-refractivity contribution is -0.00715. The molecule has 31 heavy (non-hydrogen) atoms. The summed E-state index contributed by atoms with van der Waals surface area (Å²) in [7, 11) is 0. The van der Waals surface area contributed by atoms with Gasteiger partial charge in [0.1, 0.15) is 0 Å². The molecule has 4 rings (SSSR count). The number of aryl methyl sites for hydroxylation is 1. The average molecular weight is 430 g/mol. The summed E-state index contributed by atoms with van der Waals surface area (Å²) in [5, 5.41) is 26.2. The molecule has 2 aliphatic rings. The molecule has 0 spiro atoms. The molecule has 2 aromatic rings. The first-order valence-corrected chi connectivity index (χ1v) is 10.5. The largest absolute Gasteiger partial charge is 0.465 e. The highest BCUT2D eigenvalue weighted by molar-refractivity contribution is 5.99. The Kier molecular flexibility index (Phi) is 5.92. The minimum absolute atomic E-state index is 0.0564. The Morgan fingerprint density at radius 2 is 1.97 bits per heavy atom. The Morgan fingerprint density at radius 3 is 2.61 bits per heavy atom. The molecule has 2 bridgehead atoms. The minimum atomic E-state index is -1.25. The van der Waals surface area contributed by atoms with E-state index in [0.717, 1.165) is 17.5 Å². The van der Waals surface area contributed by atoms with Gasteiger partial charge in [0.05, 0.1) is 49.0 Å². The van der Waals surface area contributed by atoms with Crippen LogP contribution in [0, 0.1) is 0 Å². The summed E-state index contributed by atoms with van der Waals surface area (Å²) in [6.07, 6.45) is 0.0604. The number of benzene rings is 1. The van der Waals surface area contributed by atoms with E-state index >= 15 is 0 Å². The highest BCUT2D eigenvalue weighted by Crippen LogP contribution is 2.31. The van der Waals surface area contributed by atoms with Crippen molar-refractivity contribution in [3.63, 3.8) is 0 Å². The van der Waals surface area contributed by atoms with Crippen LogP contribution >= 0.6 is 0 Å². The number of hydrogen-bond donors (Lipinski definition) is 3. The quantitative estimate of drug-likeness (QED) is 0.611. The predicted molar refractivity (Wildman–Crippen MR) is 111 cm³/mol. The normalized spacial score (nSPS) is 21.3. The van der Waals surface area contributed by atoms with Crippen molar-refractivity contribution in [2.24, 2.45) is 0 Å². The number of carbonyl (C=O) groups excluding carboxylic acids is 1. The molecule has 1 aromatic carbocycles. The Hall–Kier alpha value is -2.98. The van der Waals surface area contributed by atoms with Gasteiger partial charge in [-0.05, 0) is 37.5 Å². The molecule has 0 radical (unpaired) electrons. The summed E-state index contributed by atoms with van der Waals surface area (Å²) < 4.78 is 6.72. The van der Waals surface area contributed by atoms with Crippen molar-refractivity contribution < 1.29 is 24.5 Å². The highest BCUT2D eigenvalue weighted by atomic mass is 16.5. The number of aliphatic hydroxyl groups is 1. The SMILES string of the molecule is CCc1nn(C[C@@H](O)CNC(=O)O)c(=O)c2ccc(C(=O)N3C4CCC3COC4)cc12. The van der Waals surface area contributed by atoms with Crippen molar-refractivity contribution in [2.45, 2.75) is 50.9 Å². The smallest absolute Gasteiger partial charge is 0.404 e. The molecule has 3 N–H and O–H groups in total. The summed E-state index contributed by atoms with van der Waals surface area (Å²) in [5.41, 5.74) is 0.755. The van der Waals surface area contributed by atoms with Gasteiger partial charge >= 0.3 is 6.09 Å². The third kappa shape index (κ3) is 4.13. The molecule has 2 saturated heterocycles. The maximum atomic E-state index is 13.2. The summed E-state index contributed by atoms with van der Waals surface area (Å²) in [6, 6.07) is 5.21. The maximum absolute atomic E-state index is 13.2. The van der Waals surface area contributed by atoms with Gasteiger partial charge in [-0.1, -0.05) is 6.92 Å². The third-order valence-corrected chi connectivity index (χ3v) is 5.97. The van der Waals surface area contributed by atoms with Crippen LogP contribution in [0.4, 0.5) is 4.79 Å². The van der Waals surface area contributed by atoms with E-state index in [-0.39, 0.29) is 31.1 Å². The van der Waals surface area contributed by atoms with Crippen LogP contribution in [-0.2, 0) is 17.7 Å². The number of aromatic nitrogens is 2. The number of nitrogens with zero attached hydrogens (tertiary/aromatic N) is 3. The monoisotopic (exact) mass is 430 g/mol. The van der Waals surface area contributed by atoms with Gasteiger partial charge in [0.15, 0.2) is 0 Å². The second-order valence-electron chi connectivity index (χ2n) is 8.02. The van der Waals surface area contributed by atoms with Gasteiger partial charge in [0.2, 0.25) is 0 Å². The molecular weight excluding hydrogens is 404 g/mol. The lowest BCUT2D eigenvalue weighted by Crippen LogP contribution is -2.49. The molecule has 0 saturated carbocycles. The number of morpholine rings is 1. The van der Waals surface area contributed by atoms with Crippen molar-refractivity contribution in [2.75, 3.05) is 19.8 Å². The van der Waals surface area contributed by atoms with E-state index in [1.54, 1.807) is 18.2 Å². The minimum Gasteiger partial charge on any atom is -0.465 e. The van der Waals surface area contributed by atoms with Gasteiger partial charge in [0, 0.05) is 17.5 Å². The number of hydrogen-bond acceptors (Lipinski definition) is 6. The van der Waals surface area contributed by atoms with E-state index in [1.807, 2.05) is 11.8 Å². The number of carbonyl (C=O) groups is 2. The topological polar surface area (TPSA) is 134 Å². The number of ether oxygens (including phenoxy) is 1. The number of fused-ring (bicyclic) bond motifs is 3. The van der Waals surface area contributed by atoms with E-state index < -0.39 is 17.8 Å². The summed E-state index contributed by atoms with van der Waals surface area (Å²) in [5.74, 6) is -0.0564. The van der Waals surface area contributed by atoms with Crippen molar-refractivity contribution in [1.29, 1.82) is 0 Å². The van der Waals surface area contributed by atoms with Crippen LogP contribution in [0.1, 0.15) is 35.8 Å². The van der Waals surface area contributed by atoms with Crippen LogP contribution in [0.5, 0.6) is 0 Å². The first-order chi connectivity index (χ1) is 14.9. The first kappa shape index (κ1) is 21.3. The Balaban J connectivity index is 1.64. The number of nitrogens with one attached hydrogen (secondary N) is 1. The van der Waals surface area contributed by atoms with Crippen LogP contribution < -0.4 is 10.9 Å². The molecule has 2 aliphatic heterocycles. The van der Waals surface area contributed by atoms with Crippen LogP contribution in [0.2, 0.25) is 0 Å². The molecule has 3 heterocycles. The van der Waals surface area contributed by atoms with Gasteiger partial charge in [0.25, 0.3) is 11.5 Å². The van der Waals surface area contributed by atoms with E-state index in [0.29, 0.717) is 41.7 Å². The molecule has 10 heteroatoms. The number of rotatable bonds is 6. The highest BCUT2D eigenvalue weighted by Gasteiger charge is 2.40. The number of aliphatic hydroxyl groups excluding tert-OH is 1. The Bertz CT molecular complexity index is 1050. The van der Waals surface area contributed by atoms with E-state index in [2.05, 4.69) is 10.4 Å². The molecule has 2 fully saturated rings. The summed E-state index contributed by atoms with van der Waals surface area (Å²) in [4.78, 5) is 38.6. The van der Waals surface area contributed by atoms with Gasteiger partial charge in [-0.15, -0.1) is 0 Å². The number of amides is 2. The molecule has 1 aromatic heterocycles. The lowest BCUT2D eigenvalue weighted by Gasteiger charge is -2.34. The fourth-order valence-corrected chi connectivity index (χ4v) is 4.45. The van der Waals surface area contributed by atoms with Crippen LogP contribution in [0.3, 0.4) is 0 Å². The lowest BCUT2D eigenvalue weighted by atomic mass is 10.0. The summed E-state index contributed by atoms with van der Waals surface area (Å²) >= 11 is 0. The first-order valence-electron chi connectivity index (χ1n) is 10.5. The van der Waals surface area contributed by atoms with Crippen molar-refractivity contribution in [1.82, 2.24) is 20.0 Å². The molecule has 2 unspecified atom stereocenters. The van der Waals surface area contributed by atoms with Gasteiger partial charge in [-0.3, -0.25) is 9.59 Å². The van der Waals surface area contributed by atoms with Crippen LogP contribution in [0.15, 0.2) is 23.0 Å². The summed E-state index contributed by atoms with van der Waals surface area (Å²) in [6.45, 7) is 2.66. The zero-order valence-electron chi connectivity index (χ0n) is 17.3. The zero-order chi connectivity index (χ0) is 22.1. The molecule has 166 valence electrons. The number of carboxylic acid groups (broad SMARTS) is 1. The fourth-order valence-electron chi connectivity index (χ4n) is 4.45. The van der Waals surface area contributed by atoms with Gasteiger partial charge in [-0.2, -0.15) is 5.10 Å². The van der Waals surface area contributed by atoms with Crippen molar-refractivity contribution in [3.05, 3.63) is 39.8 Å². The standard InChI is InChI=1S/C21H26N4O6/c1-2-18-17-7-12(19(27)25-13-4-5-14(25)11-31-10-13)3-6-16(17)20(28)24(23-18)9-15(26)8-22-21(29)30/h3,6-7,13-15,22,26H,2,4-5,8-11H2,1H3,(H,29,30)/t13?,14?,15-/m0/s1. The molecule has 10 nitrogen and oxygen atoms in total. The van der Waals surface area contributed by atoms with Crippen molar-refractivity contribution in [3.8, 4) is 0 Å². The molecule has 2 amide bonds. The van der Waals surface area contributed by atoms with E-state index in [1.165, 1.54) is 0 Å². The fraction of sp³-hybridized carbons (Fsp3) is 0.524. The van der Waals surface area contributed by atoms with E-state index in [9.17, 15) is 19.5 Å². The zero-order valence-corrected chi connectivity index (χ0v) is 17.3. The molecular formula is C21H26N4O6. The molecule has 0 aliphatic carbocycles. The third-order valence-electron chi connectivity index (χ3n) is 5.97. The van der Waals surface area contributed by atoms with Gasteiger partial charge in [-0.25, -0.2) is 9.48 Å². The Labute approximate surface area is 178 Å². The second-order valence-corrected chi connectivity index (χ2v) is 8.02. The predicted octanol–water partition coefficient (Wildman–Crippen LogP) is 0.591. The van der Waals surface area contributed by atoms with Gasteiger partial charge < -0.3 is 25.2 Å². The van der Waals surface area contributed by atoms with Crippen molar-refractivity contribution >= 4 is 22.8 Å². The second kappa shape index (κ2) is 8.64. The van der Waals surface area contributed by atoms with Crippen LogP contribution in [-0.4, -0.2) is 74.8 Å². The van der Waals surface area contributed by atoms with E-state index in [4.69, 9.17) is 9.84 Å². The molecule has 3 atom stereocenters. The van der Waals surface area contributed by atoms with Crippen LogP contribution in [0.25, 0.3) is 10.8 Å².